The van der Waals surface area contributed by atoms with Gasteiger partial charge in [-0.2, -0.15) is 4.31 Å². The largest absolute Gasteiger partial charge is 0.379 e. The minimum atomic E-state index is -3.89. The smallest absolute Gasteiger partial charge is 0.243 e. The molecule has 0 aromatic heterocycles. The summed E-state index contributed by atoms with van der Waals surface area (Å²) in [4.78, 5) is 1.76. The van der Waals surface area contributed by atoms with Gasteiger partial charge in [-0.05, 0) is 56.1 Å². The van der Waals surface area contributed by atoms with Crippen LogP contribution >= 0.6 is 0 Å². The molecule has 0 radical (unpaired) electrons. The molecule has 0 aliphatic carbocycles. The van der Waals surface area contributed by atoms with E-state index >= 15 is 0 Å². The summed E-state index contributed by atoms with van der Waals surface area (Å²) in [7, 11) is -4.05. The first-order valence-corrected chi connectivity index (χ1v) is 12.6. The number of rotatable bonds is 8. The first-order valence-electron chi connectivity index (χ1n) is 9.71. The van der Waals surface area contributed by atoms with Crippen LogP contribution in [0, 0.1) is 5.82 Å². The molecule has 8 nitrogen and oxygen atoms in total. The summed E-state index contributed by atoms with van der Waals surface area (Å²) < 4.78 is 73.5. The van der Waals surface area contributed by atoms with E-state index in [1.807, 2.05) is 0 Å². The number of morpholine rings is 1. The van der Waals surface area contributed by atoms with Gasteiger partial charge in [-0.15, -0.1) is 0 Å². The second kappa shape index (κ2) is 9.72. The van der Waals surface area contributed by atoms with E-state index in [0.29, 0.717) is 18.8 Å². The molecule has 0 bridgehead atoms. The third kappa shape index (κ3) is 5.68. The van der Waals surface area contributed by atoms with Gasteiger partial charge in [0.05, 0.1) is 23.0 Å². The Morgan fingerprint density at radius 2 is 1.65 bits per heavy atom. The van der Waals surface area contributed by atoms with Gasteiger partial charge >= 0.3 is 0 Å². The summed E-state index contributed by atoms with van der Waals surface area (Å²) in [6.07, 6.45) is 0. The Kier molecular flexibility index (Phi) is 7.45. The highest BCUT2D eigenvalue weighted by atomic mass is 32.2. The maximum Gasteiger partial charge on any atom is 0.243 e. The number of benzene rings is 2. The number of nitrogens with one attached hydrogen (secondary N) is 1. The average Bonchev–Trinajstić information content (AvgIpc) is 2.74. The van der Waals surface area contributed by atoms with Crippen molar-refractivity contribution >= 4 is 20.0 Å². The molecule has 1 saturated heterocycles. The molecule has 31 heavy (non-hydrogen) atoms. The van der Waals surface area contributed by atoms with Crippen LogP contribution < -0.4 is 4.72 Å². The molecular formula is C20H26FN3O5S2. The van der Waals surface area contributed by atoms with Gasteiger partial charge in [0.2, 0.25) is 20.0 Å². The van der Waals surface area contributed by atoms with Crippen molar-refractivity contribution < 1.29 is 26.0 Å². The second-order valence-corrected chi connectivity index (χ2v) is 11.1. The van der Waals surface area contributed by atoms with Gasteiger partial charge in [-0.1, -0.05) is 12.1 Å². The van der Waals surface area contributed by atoms with Crippen LogP contribution in [0.2, 0.25) is 0 Å². The van der Waals surface area contributed by atoms with E-state index in [-0.39, 0.29) is 35.5 Å². The maximum atomic E-state index is 13.6. The molecule has 1 unspecified atom stereocenters. The number of sulfonamides is 2. The molecular weight excluding hydrogens is 445 g/mol. The number of hydrogen-bond donors (Lipinski definition) is 1. The Bertz CT molecular complexity index is 1100. The molecule has 1 heterocycles. The van der Waals surface area contributed by atoms with Crippen molar-refractivity contribution in [3.05, 3.63) is 59.9 Å². The molecule has 3 rings (SSSR count). The quantitative estimate of drug-likeness (QED) is 0.626. The minimum absolute atomic E-state index is 0.0205. The van der Waals surface area contributed by atoms with E-state index in [4.69, 9.17) is 4.74 Å². The standard InChI is InChI=1S/C20H26FN3O5S2/c1-23(2)20(16-4-3-5-17(21)14-16)15-22-30(25,26)18-6-8-19(9-7-18)31(27,28)24-10-12-29-13-11-24/h3-9,14,20,22H,10-13,15H2,1-2H3. The van der Waals surface area contributed by atoms with Gasteiger partial charge in [-0.25, -0.2) is 25.9 Å². The van der Waals surface area contributed by atoms with E-state index in [1.54, 1.807) is 31.1 Å². The average molecular weight is 472 g/mol. The summed E-state index contributed by atoms with van der Waals surface area (Å²) in [6.45, 7) is 1.19. The molecule has 1 N–H and O–H groups in total. The van der Waals surface area contributed by atoms with Crippen LogP contribution in [0.15, 0.2) is 58.3 Å². The molecule has 1 aliphatic heterocycles. The van der Waals surface area contributed by atoms with Gasteiger partial charge < -0.3 is 9.64 Å². The molecule has 0 saturated carbocycles. The maximum absolute atomic E-state index is 13.6. The summed E-state index contributed by atoms with van der Waals surface area (Å²) in [5, 5.41) is 0. The lowest BCUT2D eigenvalue weighted by Gasteiger charge is -2.26. The van der Waals surface area contributed by atoms with Crippen LogP contribution in [-0.2, 0) is 24.8 Å². The molecule has 11 heteroatoms. The monoisotopic (exact) mass is 471 g/mol. The van der Waals surface area contributed by atoms with Crippen LogP contribution in [0.25, 0.3) is 0 Å². The molecule has 1 fully saturated rings. The predicted molar refractivity (Wildman–Crippen MR) is 114 cm³/mol. The van der Waals surface area contributed by atoms with Crippen molar-refractivity contribution in [2.24, 2.45) is 0 Å². The lowest BCUT2D eigenvalue weighted by atomic mass is 10.1. The Hall–Kier alpha value is -1.89. The van der Waals surface area contributed by atoms with Gasteiger partial charge in [0.25, 0.3) is 0 Å². The third-order valence-corrected chi connectivity index (χ3v) is 8.42. The van der Waals surface area contributed by atoms with E-state index in [0.717, 1.165) is 0 Å². The van der Waals surface area contributed by atoms with E-state index in [2.05, 4.69) is 4.72 Å². The van der Waals surface area contributed by atoms with Gasteiger partial charge in [0.15, 0.2) is 0 Å². The zero-order chi connectivity index (χ0) is 22.6. The van der Waals surface area contributed by atoms with Crippen molar-refractivity contribution in [2.45, 2.75) is 15.8 Å². The lowest BCUT2D eigenvalue weighted by molar-refractivity contribution is 0.0730. The number of nitrogens with zero attached hydrogens (tertiary/aromatic N) is 2. The van der Waals surface area contributed by atoms with Crippen molar-refractivity contribution in [1.82, 2.24) is 13.9 Å². The topological polar surface area (TPSA) is 96.0 Å². The van der Waals surface area contributed by atoms with Gasteiger partial charge in [0.1, 0.15) is 5.82 Å². The lowest BCUT2D eigenvalue weighted by Crippen LogP contribution is -2.40. The molecule has 170 valence electrons. The fourth-order valence-corrected chi connectivity index (χ4v) is 5.76. The van der Waals surface area contributed by atoms with Crippen LogP contribution in [0.4, 0.5) is 4.39 Å². The zero-order valence-corrected chi connectivity index (χ0v) is 19.0. The normalized spacial score (nSPS) is 17.0. The fraction of sp³-hybridized carbons (Fsp3) is 0.400. The fourth-order valence-electron chi connectivity index (χ4n) is 3.31. The van der Waals surface area contributed by atoms with Crippen LogP contribution in [-0.4, -0.2) is 73.0 Å². The van der Waals surface area contributed by atoms with Crippen LogP contribution in [0.3, 0.4) is 0 Å². The van der Waals surface area contributed by atoms with Crippen LogP contribution in [0.1, 0.15) is 11.6 Å². The first-order chi connectivity index (χ1) is 14.6. The van der Waals surface area contributed by atoms with E-state index < -0.39 is 25.9 Å². The third-order valence-electron chi connectivity index (χ3n) is 5.07. The highest BCUT2D eigenvalue weighted by Crippen LogP contribution is 2.21. The van der Waals surface area contributed by atoms with Gasteiger partial charge in [0, 0.05) is 25.7 Å². The van der Waals surface area contributed by atoms with Crippen molar-refractivity contribution in [1.29, 1.82) is 0 Å². The molecule has 1 atom stereocenters. The predicted octanol–water partition coefficient (Wildman–Crippen LogP) is 1.43. The highest BCUT2D eigenvalue weighted by molar-refractivity contribution is 7.89. The van der Waals surface area contributed by atoms with Crippen LogP contribution in [0.5, 0.6) is 0 Å². The van der Waals surface area contributed by atoms with E-state index in [9.17, 15) is 21.2 Å². The Labute approximate surface area is 182 Å². The summed E-state index contributed by atoms with van der Waals surface area (Å²) >= 11 is 0. The van der Waals surface area contributed by atoms with Crippen molar-refractivity contribution in [3.8, 4) is 0 Å². The Balaban J connectivity index is 1.74. The minimum Gasteiger partial charge on any atom is -0.379 e. The molecule has 1 aliphatic rings. The summed E-state index contributed by atoms with van der Waals surface area (Å²) in [5.41, 5.74) is 0.639. The molecule has 2 aromatic rings. The molecule has 0 spiro atoms. The Morgan fingerprint density at radius 3 is 2.23 bits per heavy atom. The number of likely N-dealkylation sites (N-methyl/N-ethyl adjacent to an activating group) is 1. The van der Waals surface area contributed by atoms with E-state index in [1.165, 1.54) is 40.7 Å². The summed E-state index contributed by atoms with van der Waals surface area (Å²) in [5.74, 6) is -0.399. The molecule has 2 aromatic carbocycles. The zero-order valence-electron chi connectivity index (χ0n) is 17.4. The number of halogens is 1. The van der Waals surface area contributed by atoms with Crippen molar-refractivity contribution in [3.63, 3.8) is 0 Å². The first kappa shape index (κ1) is 23.8. The van der Waals surface area contributed by atoms with Crippen molar-refractivity contribution in [2.75, 3.05) is 46.9 Å². The Morgan fingerprint density at radius 1 is 1.03 bits per heavy atom. The number of ether oxygens (including phenoxy) is 1. The highest BCUT2D eigenvalue weighted by Gasteiger charge is 2.27. The molecule has 0 amide bonds. The summed E-state index contributed by atoms with van der Waals surface area (Å²) in [6, 6.07) is 10.7. The van der Waals surface area contributed by atoms with Gasteiger partial charge in [-0.3, -0.25) is 0 Å². The second-order valence-electron chi connectivity index (χ2n) is 7.37. The SMILES string of the molecule is CN(C)C(CNS(=O)(=O)c1ccc(S(=O)(=O)N2CCOCC2)cc1)c1cccc(F)c1. The number of hydrogen-bond acceptors (Lipinski definition) is 6.